The fourth-order valence-electron chi connectivity index (χ4n) is 0.778. The van der Waals surface area contributed by atoms with Crippen LogP contribution in [0.3, 0.4) is 0 Å². The van der Waals surface area contributed by atoms with E-state index in [4.69, 9.17) is 5.73 Å². The minimum atomic E-state index is -0.763. The summed E-state index contributed by atoms with van der Waals surface area (Å²) in [5.74, 6) is -1.37. The molecule has 4 heteroatoms. The lowest BCUT2D eigenvalue weighted by atomic mass is 10.2. The third-order valence-electron chi connectivity index (χ3n) is 1.41. The van der Waals surface area contributed by atoms with Crippen LogP contribution in [0.15, 0.2) is 24.8 Å². The van der Waals surface area contributed by atoms with Gasteiger partial charge in [-0.2, -0.15) is 4.39 Å². The van der Waals surface area contributed by atoms with Gasteiger partial charge in [0.15, 0.2) is 0 Å². The molecular formula is C8H8F2N2. The van der Waals surface area contributed by atoms with E-state index in [1.165, 1.54) is 6.08 Å². The van der Waals surface area contributed by atoms with Crippen LogP contribution in [0.2, 0.25) is 0 Å². The highest BCUT2D eigenvalue weighted by Gasteiger charge is 2.10. The zero-order valence-electron chi connectivity index (χ0n) is 6.30. The zero-order valence-corrected chi connectivity index (χ0v) is 6.30. The van der Waals surface area contributed by atoms with Gasteiger partial charge in [-0.15, -0.1) is 6.58 Å². The van der Waals surface area contributed by atoms with Gasteiger partial charge in [0.2, 0.25) is 5.95 Å². The molecule has 0 radical (unpaired) electrons. The quantitative estimate of drug-likeness (QED) is 0.540. The van der Waals surface area contributed by atoms with Crippen molar-refractivity contribution in [3.05, 3.63) is 42.2 Å². The van der Waals surface area contributed by atoms with Crippen molar-refractivity contribution in [3.63, 3.8) is 0 Å². The van der Waals surface area contributed by atoms with E-state index in [9.17, 15) is 8.78 Å². The van der Waals surface area contributed by atoms with E-state index >= 15 is 0 Å². The van der Waals surface area contributed by atoms with Crippen LogP contribution in [-0.4, -0.2) is 4.98 Å². The average Bonchev–Trinajstić information content (AvgIpc) is 2.08. The Kier molecular flexibility index (Phi) is 2.50. The first-order chi connectivity index (χ1) is 5.65. The summed E-state index contributed by atoms with van der Waals surface area (Å²) >= 11 is 0. The number of pyridine rings is 1. The molecule has 0 amide bonds. The van der Waals surface area contributed by atoms with E-state index in [0.717, 1.165) is 12.1 Å². The lowest BCUT2D eigenvalue weighted by Gasteiger charge is -2.05. The van der Waals surface area contributed by atoms with Gasteiger partial charge >= 0.3 is 0 Å². The van der Waals surface area contributed by atoms with E-state index in [-0.39, 0.29) is 5.69 Å². The Balaban J connectivity index is 3.12. The lowest BCUT2D eigenvalue weighted by Crippen LogP contribution is -2.11. The van der Waals surface area contributed by atoms with E-state index in [1.807, 2.05) is 0 Å². The summed E-state index contributed by atoms with van der Waals surface area (Å²) in [6, 6.07) is 1.16. The van der Waals surface area contributed by atoms with Crippen LogP contribution in [-0.2, 0) is 0 Å². The Bertz CT molecular complexity index is 299. The summed E-state index contributed by atoms with van der Waals surface area (Å²) in [4.78, 5) is 3.31. The fourth-order valence-corrected chi connectivity index (χ4v) is 0.778. The van der Waals surface area contributed by atoms with Crippen molar-refractivity contribution in [1.82, 2.24) is 4.98 Å². The molecule has 2 N–H and O–H groups in total. The second-order valence-corrected chi connectivity index (χ2v) is 2.26. The highest BCUT2D eigenvalue weighted by atomic mass is 19.1. The predicted octanol–water partition coefficient (Wildman–Crippen LogP) is 1.55. The average molecular weight is 170 g/mol. The van der Waals surface area contributed by atoms with Gasteiger partial charge in [-0.1, -0.05) is 6.08 Å². The standard InChI is InChI=1S/C8H8F2N2/c1-2-6(11)8-5(9)3-4-7(10)12-8/h2-4,6H,1,11H2. The molecule has 0 aliphatic heterocycles. The smallest absolute Gasteiger partial charge is 0.213 e. The van der Waals surface area contributed by atoms with Crippen molar-refractivity contribution < 1.29 is 8.78 Å². The summed E-state index contributed by atoms with van der Waals surface area (Å²) in [6.07, 6.45) is 1.30. The SMILES string of the molecule is C=CC(N)c1nc(F)ccc1F. The van der Waals surface area contributed by atoms with Gasteiger partial charge in [-0.3, -0.25) is 0 Å². The second-order valence-electron chi connectivity index (χ2n) is 2.26. The van der Waals surface area contributed by atoms with Crippen molar-refractivity contribution in [1.29, 1.82) is 0 Å². The van der Waals surface area contributed by atoms with E-state index in [0.29, 0.717) is 0 Å². The minimum Gasteiger partial charge on any atom is -0.319 e. The third-order valence-corrected chi connectivity index (χ3v) is 1.41. The number of hydrogen-bond donors (Lipinski definition) is 1. The number of halogens is 2. The normalized spacial score (nSPS) is 12.6. The molecule has 0 spiro atoms. The Morgan fingerprint density at radius 3 is 2.75 bits per heavy atom. The van der Waals surface area contributed by atoms with E-state index < -0.39 is 17.8 Å². The number of hydrogen-bond acceptors (Lipinski definition) is 2. The van der Waals surface area contributed by atoms with Crippen molar-refractivity contribution in [2.45, 2.75) is 6.04 Å². The van der Waals surface area contributed by atoms with Crippen molar-refractivity contribution in [2.24, 2.45) is 5.73 Å². The highest BCUT2D eigenvalue weighted by Crippen LogP contribution is 2.12. The largest absolute Gasteiger partial charge is 0.319 e. The third kappa shape index (κ3) is 1.65. The Labute approximate surface area is 68.7 Å². The summed E-state index contributed by atoms with van der Waals surface area (Å²) in [7, 11) is 0. The summed E-state index contributed by atoms with van der Waals surface area (Å²) in [5.41, 5.74) is 5.26. The van der Waals surface area contributed by atoms with Gasteiger partial charge < -0.3 is 5.73 Å². The molecule has 0 saturated carbocycles. The molecule has 1 atom stereocenters. The molecule has 0 aliphatic carbocycles. The summed E-state index contributed by atoms with van der Waals surface area (Å²) in [6.45, 7) is 3.35. The van der Waals surface area contributed by atoms with Crippen LogP contribution in [0, 0.1) is 11.8 Å². The molecule has 64 valence electrons. The number of rotatable bonds is 2. The molecule has 2 nitrogen and oxygen atoms in total. The summed E-state index contributed by atoms with van der Waals surface area (Å²) < 4.78 is 25.3. The molecular weight excluding hydrogens is 162 g/mol. The topological polar surface area (TPSA) is 38.9 Å². The summed E-state index contributed by atoms with van der Waals surface area (Å²) in [5, 5.41) is 0. The molecule has 0 saturated heterocycles. The van der Waals surface area contributed by atoms with E-state index in [2.05, 4.69) is 11.6 Å². The molecule has 1 rings (SSSR count). The van der Waals surface area contributed by atoms with Crippen LogP contribution in [0.4, 0.5) is 8.78 Å². The lowest BCUT2D eigenvalue weighted by molar-refractivity contribution is 0.535. The number of nitrogens with zero attached hydrogens (tertiary/aromatic N) is 1. The van der Waals surface area contributed by atoms with Gasteiger partial charge in [-0.25, -0.2) is 9.37 Å². The predicted molar refractivity (Wildman–Crippen MR) is 41.3 cm³/mol. The molecule has 12 heavy (non-hydrogen) atoms. The maximum atomic E-state index is 12.9. The Morgan fingerprint density at radius 2 is 2.17 bits per heavy atom. The first-order valence-electron chi connectivity index (χ1n) is 3.35. The molecule has 1 heterocycles. The van der Waals surface area contributed by atoms with E-state index in [1.54, 1.807) is 0 Å². The first kappa shape index (κ1) is 8.80. The first-order valence-corrected chi connectivity index (χ1v) is 3.35. The maximum absolute atomic E-state index is 12.9. The second kappa shape index (κ2) is 3.40. The fraction of sp³-hybridized carbons (Fsp3) is 0.125. The number of aromatic nitrogens is 1. The number of nitrogens with two attached hydrogens (primary N) is 1. The van der Waals surface area contributed by atoms with Crippen LogP contribution in [0.1, 0.15) is 11.7 Å². The molecule has 1 aromatic heterocycles. The van der Waals surface area contributed by atoms with Gasteiger partial charge in [0.1, 0.15) is 5.82 Å². The zero-order chi connectivity index (χ0) is 9.14. The molecule has 0 aromatic carbocycles. The van der Waals surface area contributed by atoms with Crippen LogP contribution in [0.25, 0.3) is 0 Å². The van der Waals surface area contributed by atoms with Crippen molar-refractivity contribution >= 4 is 0 Å². The van der Waals surface area contributed by atoms with Gasteiger partial charge in [0.05, 0.1) is 11.7 Å². The van der Waals surface area contributed by atoms with Gasteiger partial charge in [0.25, 0.3) is 0 Å². The minimum absolute atomic E-state index is 0.120. The molecule has 1 aromatic rings. The van der Waals surface area contributed by atoms with Crippen LogP contribution < -0.4 is 5.73 Å². The Morgan fingerprint density at radius 1 is 1.50 bits per heavy atom. The van der Waals surface area contributed by atoms with Crippen molar-refractivity contribution in [3.8, 4) is 0 Å². The van der Waals surface area contributed by atoms with Crippen molar-refractivity contribution in [2.75, 3.05) is 0 Å². The van der Waals surface area contributed by atoms with Crippen LogP contribution >= 0.6 is 0 Å². The molecule has 1 unspecified atom stereocenters. The Hall–Kier alpha value is -1.29. The molecule has 0 aliphatic rings. The van der Waals surface area contributed by atoms with Gasteiger partial charge in [0, 0.05) is 0 Å². The molecule has 0 fully saturated rings. The highest BCUT2D eigenvalue weighted by molar-refractivity contribution is 5.15. The maximum Gasteiger partial charge on any atom is 0.213 e. The monoisotopic (exact) mass is 170 g/mol. The van der Waals surface area contributed by atoms with Gasteiger partial charge in [-0.05, 0) is 12.1 Å². The molecule has 0 bridgehead atoms. The van der Waals surface area contributed by atoms with Crippen LogP contribution in [0.5, 0.6) is 0 Å².